The van der Waals surface area contributed by atoms with Crippen LogP contribution < -0.4 is 4.90 Å². The van der Waals surface area contributed by atoms with E-state index in [9.17, 15) is 4.79 Å². The van der Waals surface area contributed by atoms with Crippen molar-refractivity contribution in [2.24, 2.45) is 0 Å². The molecule has 4 nitrogen and oxygen atoms in total. The number of fused-ring (bicyclic) bond motifs is 1. The van der Waals surface area contributed by atoms with Crippen LogP contribution in [-0.2, 0) is 17.6 Å². The Morgan fingerprint density at radius 3 is 3.08 bits per heavy atom. The lowest BCUT2D eigenvalue weighted by atomic mass is 9.98. The molecule has 0 aliphatic carbocycles. The summed E-state index contributed by atoms with van der Waals surface area (Å²) in [7, 11) is 0. The van der Waals surface area contributed by atoms with E-state index in [4.69, 9.17) is 0 Å². The van der Waals surface area contributed by atoms with Crippen molar-refractivity contribution in [3.8, 4) is 10.6 Å². The van der Waals surface area contributed by atoms with Crippen LogP contribution in [0.4, 0.5) is 5.69 Å². The van der Waals surface area contributed by atoms with E-state index in [0.29, 0.717) is 6.42 Å². The first-order chi connectivity index (χ1) is 12.6. The number of thiazole rings is 1. The molecule has 2 aromatic heterocycles. The van der Waals surface area contributed by atoms with Gasteiger partial charge in [0, 0.05) is 40.0 Å². The molecular formula is C20H18BrN3OS. The smallest absolute Gasteiger partial charge is 0.233 e. The molecule has 26 heavy (non-hydrogen) atoms. The standard InChI is InChI=1S/C20H18BrN3OS/c1-13-8-16(21)9-14-5-3-7-24(19(13)14)18(25)10-17-12-26-20(23-17)15-4-2-6-22-11-15/h2,4,6,8-9,11-12H,3,5,7,10H2,1H3. The first-order valence-corrected chi connectivity index (χ1v) is 10.2. The Balaban J connectivity index is 1.56. The van der Waals surface area contributed by atoms with Gasteiger partial charge in [-0.1, -0.05) is 15.9 Å². The molecular weight excluding hydrogens is 410 g/mol. The maximum atomic E-state index is 13.0. The third kappa shape index (κ3) is 3.44. The SMILES string of the molecule is Cc1cc(Br)cc2c1N(C(=O)Cc1csc(-c3cccnc3)n1)CCC2. The van der Waals surface area contributed by atoms with Gasteiger partial charge in [-0.15, -0.1) is 11.3 Å². The summed E-state index contributed by atoms with van der Waals surface area (Å²) in [4.78, 5) is 23.7. The normalized spacial score (nSPS) is 13.5. The number of benzene rings is 1. The van der Waals surface area contributed by atoms with Gasteiger partial charge in [-0.25, -0.2) is 4.98 Å². The van der Waals surface area contributed by atoms with Crippen molar-refractivity contribution in [2.45, 2.75) is 26.2 Å². The van der Waals surface area contributed by atoms with Gasteiger partial charge in [0.15, 0.2) is 0 Å². The van der Waals surface area contributed by atoms with E-state index in [2.05, 4.69) is 45.0 Å². The first-order valence-electron chi connectivity index (χ1n) is 8.56. The van der Waals surface area contributed by atoms with Crippen LogP contribution in [0.1, 0.15) is 23.2 Å². The Morgan fingerprint density at radius 1 is 1.38 bits per heavy atom. The number of nitrogens with zero attached hydrogens (tertiary/aromatic N) is 3. The average Bonchev–Trinajstić information content (AvgIpc) is 3.10. The number of carbonyl (C=O) groups excluding carboxylic acids is 1. The molecule has 1 aliphatic heterocycles. The molecule has 0 saturated heterocycles. The third-order valence-electron chi connectivity index (χ3n) is 4.54. The first kappa shape index (κ1) is 17.4. The van der Waals surface area contributed by atoms with Crippen molar-refractivity contribution in [1.29, 1.82) is 0 Å². The van der Waals surface area contributed by atoms with Crippen LogP contribution in [-0.4, -0.2) is 22.4 Å². The van der Waals surface area contributed by atoms with Crippen molar-refractivity contribution in [3.05, 3.63) is 63.3 Å². The fourth-order valence-corrected chi connectivity index (χ4v) is 4.86. The minimum atomic E-state index is 0.111. The lowest BCUT2D eigenvalue weighted by Gasteiger charge is -2.31. The fourth-order valence-electron chi connectivity index (χ4n) is 3.43. The maximum absolute atomic E-state index is 13.0. The molecule has 0 spiro atoms. The maximum Gasteiger partial charge on any atom is 0.233 e. The molecule has 1 aromatic carbocycles. The largest absolute Gasteiger partial charge is 0.312 e. The number of hydrogen-bond donors (Lipinski definition) is 0. The van der Waals surface area contributed by atoms with Gasteiger partial charge in [-0.2, -0.15) is 0 Å². The number of pyridine rings is 1. The monoisotopic (exact) mass is 427 g/mol. The van der Waals surface area contributed by atoms with Gasteiger partial charge < -0.3 is 4.90 Å². The number of rotatable bonds is 3. The van der Waals surface area contributed by atoms with E-state index < -0.39 is 0 Å². The summed E-state index contributed by atoms with van der Waals surface area (Å²) in [6.45, 7) is 2.84. The second kappa shape index (κ2) is 7.29. The summed E-state index contributed by atoms with van der Waals surface area (Å²) in [6, 6.07) is 8.09. The highest BCUT2D eigenvalue weighted by Gasteiger charge is 2.25. The zero-order chi connectivity index (χ0) is 18.1. The van der Waals surface area contributed by atoms with Crippen molar-refractivity contribution in [3.63, 3.8) is 0 Å². The summed E-state index contributed by atoms with van der Waals surface area (Å²) in [5.41, 5.74) is 5.26. The van der Waals surface area contributed by atoms with E-state index >= 15 is 0 Å². The number of aromatic nitrogens is 2. The van der Waals surface area contributed by atoms with Gasteiger partial charge in [-0.05, 0) is 55.2 Å². The van der Waals surface area contributed by atoms with Crippen LogP contribution in [0.15, 0.2) is 46.5 Å². The topological polar surface area (TPSA) is 46.1 Å². The van der Waals surface area contributed by atoms with E-state index in [-0.39, 0.29) is 5.91 Å². The zero-order valence-electron chi connectivity index (χ0n) is 14.4. The molecule has 0 radical (unpaired) electrons. The van der Waals surface area contributed by atoms with E-state index in [1.165, 1.54) is 5.56 Å². The van der Waals surface area contributed by atoms with Crippen molar-refractivity contribution >= 4 is 38.9 Å². The molecule has 0 N–H and O–H groups in total. The number of halogens is 1. The Labute approximate surface area is 165 Å². The lowest BCUT2D eigenvalue weighted by Crippen LogP contribution is -2.37. The summed E-state index contributed by atoms with van der Waals surface area (Å²) in [5.74, 6) is 0.111. The Kier molecular flexibility index (Phi) is 4.87. The summed E-state index contributed by atoms with van der Waals surface area (Å²) in [5, 5.41) is 2.87. The van der Waals surface area contributed by atoms with Crippen LogP contribution in [0.25, 0.3) is 10.6 Å². The van der Waals surface area contributed by atoms with Gasteiger partial charge in [0.1, 0.15) is 5.01 Å². The highest BCUT2D eigenvalue weighted by Crippen LogP contribution is 2.34. The van der Waals surface area contributed by atoms with E-state index in [1.807, 2.05) is 22.4 Å². The Morgan fingerprint density at radius 2 is 2.27 bits per heavy atom. The number of hydrogen-bond acceptors (Lipinski definition) is 4. The molecule has 0 saturated carbocycles. The van der Waals surface area contributed by atoms with Gasteiger partial charge in [0.05, 0.1) is 12.1 Å². The predicted molar refractivity (Wildman–Crippen MR) is 109 cm³/mol. The minimum Gasteiger partial charge on any atom is -0.312 e. The summed E-state index contributed by atoms with van der Waals surface area (Å²) < 4.78 is 1.07. The van der Waals surface area contributed by atoms with Crippen molar-refractivity contribution in [1.82, 2.24) is 9.97 Å². The Bertz CT molecular complexity index is 955. The second-order valence-electron chi connectivity index (χ2n) is 6.44. The second-order valence-corrected chi connectivity index (χ2v) is 8.22. The van der Waals surface area contributed by atoms with Gasteiger partial charge >= 0.3 is 0 Å². The molecule has 3 aromatic rings. The fraction of sp³-hybridized carbons (Fsp3) is 0.250. The molecule has 1 aliphatic rings. The highest BCUT2D eigenvalue weighted by atomic mass is 79.9. The minimum absolute atomic E-state index is 0.111. The quantitative estimate of drug-likeness (QED) is 0.602. The van der Waals surface area contributed by atoms with Gasteiger partial charge in [0.25, 0.3) is 0 Å². The summed E-state index contributed by atoms with van der Waals surface area (Å²) >= 11 is 5.11. The highest BCUT2D eigenvalue weighted by molar-refractivity contribution is 9.10. The zero-order valence-corrected chi connectivity index (χ0v) is 16.8. The van der Waals surface area contributed by atoms with Crippen LogP contribution in [0.5, 0.6) is 0 Å². The molecule has 3 heterocycles. The van der Waals surface area contributed by atoms with Crippen molar-refractivity contribution < 1.29 is 4.79 Å². The van der Waals surface area contributed by atoms with Crippen LogP contribution in [0, 0.1) is 6.92 Å². The van der Waals surface area contributed by atoms with E-state index in [1.54, 1.807) is 23.7 Å². The van der Waals surface area contributed by atoms with Gasteiger partial charge in [0.2, 0.25) is 5.91 Å². The van der Waals surface area contributed by atoms with Crippen LogP contribution >= 0.6 is 27.3 Å². The van der Waals surface area contributed by atoms with Gasteiger partial charge in [-0.3, -0.25) is 9.78 Å². The molecule has 1 amide bonds. The molecule has 132 valence electrons. The number of anilines is 1. The predicted octanol–water partition coefficient (Wildman–Crippen LogP) is 4.80. The number of aryl methyl sites for hydroxylation is 2. The average molecular weight is 428 g/mol. The summed E-state index contributed by atoms with van der Waals surface area (Å²) in [6.07, 6.45) is 5.88. The molecule has 0 unspecified atom stereocenters. The molecule has 4 rings (SSSR count). The number of amides is 1. The molecule has 0 atom stereocenters. The van der Waals surface area contributed by atoms with Crippen molar-refractivity contribution in [2.75, 3.05) is 11.4 Å². The molecule has 0 bridgehead atoms. The Hall–Kier alpha value is -2.05. The number of carbonyl (C=O) groups is 1. The molecule has 6 heteroatoms. The lowest BCUT2D eigenvalue weighted by molar-refractivity contribution is -0.118. The van der Waals surface area contributed by atoms with Crippen LogP contribution in [0.3, 0.4) is 0 Å². The molecule has 0 fully saturated rings. The van der Waals surface area contributed by atoms with Crippen LogP contribution in [0.2, 0.25) is 0 Å². The third-order valence-corrected chi connectivity index (χ3v) is 5.93. The van der Waals surface area contributed by atoms with E-state index in [0.717, 1.165) is 51.4 Å².